The van der Waals surface area contributed by atoms with Crippen molar-refractivity contribution in [2.45, 2.75) is 37.4 Å². The number of anilines is 1. The Labute approximate surface area is 201 Å². The van der Waals surface area contributed by atoms with E-state index in [0.29, 0.717) is 0 Å². The summed E-state index contributed by atoms with van der Waals surface area (Å²) in [6.07, 6.45) is -5.54. The second-order valence-corrected chi connectivity index (χ2v) is 12.5. The van der Waals surface area contributed by atoms with E-state index in [0.717, 1.165) is 6.33 Å². The number of hydrogen-bond acceptors (Lipinski definition) is 14. The Morgan fingerprint density at radius 2 is 1.78 bits per heavy atom. The molecule has 3 heterocycles. The Bertz CT molecular complexity index is 1260. The fourth-order valence-electron chi connectivity index (χ4n) is 3.12. The maximum atomic E-state index is 12.1. The molecule has 1 fully saturated rings. The topological polar surface area (TPSA) is 296 Å². The average molecular weight is 577 g/mol. The fraction of sp³-hybridized carbons (Fsp3) is 0.571. The zero-order valence-electron chi connectivity index (χ0n) is 17.9. The van der Waals surface area contributed by atoms with Crippen molar-refractivity contribution in [1.29, 1.82) is 0 Å². The number of aliphatic hydroxyl groups is 2. The lowest BCUT2D eigenvalue weighted by Crippen LogP contribution is -2.33. The van der Waals surface area contributed by atoms with Gasteiger partial charge in [-0.3, -0.25) is 18.5 Å². The van der Waals surface area contributed by atoms with Crippen molar-refractivity contribution in [2.24, 2.45) is 0 Å². The van der Waals surface area contributed by atoms with Gasteiger partial charge >= 0.3 is 29.2 Å². The van der Waals surface area contributed by atoms with Gasteiger partial charge in [-0.05, 0) is 6.42 Å². The molecule has 8 N–H and O–H groups in total. The monoisotopic (exact) mass is 577 g/mol. The first-order chi connectivity index (χ1) is 16.6. The largest absolute Gasteiger partial charge is 0.488 e. The van der Waals surface area contributed by atoms with E-state index < -0.39 is 79.4 Å². The highest BCUT2D eigenvalue weighted by molar-refractivity contribution is 7.68. The number of carboxylic acid groups (broad SMARTS) is 1. The van der Waals surface area contributed by atoms with Crippen LogP contribution in [0.25, 0.3) is 11.2 Å². The van der Waals surface area contributed by atoms with Crippen molar-refractivity contribution >= 4 is 46.2 Å². The number of carboxylic acids is 1. The van der Waals surface area contributed by atoms with Gasteiger partial charge in [0, 0.05) is 6.42 Å². The lowest BCUT2D eigenvalue weighted by molar-refractivity contribution is -0.137. The quantitative estimate of drug-likeness (QED) is 0.154. The van der Waals surface area contributed by atoms with Gasteiger partial charge in [0.1, 0.15) is 30.2 Å². The van der Waals surface area contributed by atoms with Gasteiger partial charge in [-0.15, -0.1) is 0 Å². The number of fused-ring (bicyclic) bond motifs is 1. The lowest BCUT2D eigenvalue weighted by Gasteiger charge is -2.20. The highest BCUT2D eigenvalue weighted by Crippen LogP contribution is 2.67. The molecule has 19 nitrogen and oxygen atoms in total. The molecule has 0 amide bonds. The number of phosphoric ester groups is 1. The number of hydrogen-bond donors (Lipinski definition) is 7. The number of aliphatic carboxylic acids is 1. The van der Waals surface area contributed by atoms with Crippen LogP contribution in [0, 0.1) is 0 Å². The summed E-state index contributed by atoms with van der Waals surface area (Å²) < 4.78 is 55.0. The summed E-state index contributed by atoms with van der Waals surface area (Å²) in [5, 5.41) is 29.1. The zero-order valence-corrected chi connectivity index (χ0v) is 20.6. The SMILES string of the molecule is Nc1ncnc2c1ncn2[C@@H]1O[C@H](COP(=O)(O)OP(=O)(O)OP(=O)(O)CCCC(=O)O)[C@H](O)C1O. The van der Waals surface area contributed by atoms with Crippen LogP contribution in [0.15, 0.2) is 12.7 Å². The molecular weight excluding hydrogens is 555 g/mol. The van der Waals surface area contributed by atoms with Crippen molar-refractivity contribution < 1.29 is 66.4 Å². The molecule has 0 saturated carbocycles. The number of phosphoric acid groups is 2. The third kappa shape index (κ3) is 7.13. The number of ether oxygens (including phenoxy) is 1. The molecule has 202 valence electrons. The first-order valence-corrected chi connectivity index (χ1v) is 14.6. The number of imidazole rings is 1. The third-order valence-electron chi connectivity index (χ3n) is 4.67. The average Bonchev–Trinajstić information content (AvgIpc) is 3.27. The van der Waals surface area contributed by atoms with Crippen molar-refractivity contribution in [3.8, 4) is 0 Å². The molecule has 7 atom stereocenters. The number of nitrogen functional groups attached to an aromatic ring is 1. The summed E-state index contributed by atoms with van der Waals surface area (Å²) in [6, 6.07) is 0. The number of aliphatic hydroxyl groups excluding tert-OH is 2. The summed E-state index contributed by atoms with van der Waals surface area (Å²) in [4.78, 5) is 51.0. The zero-order chi connectivity index (χ0) is 26.9. The van der Waals surface area contributed by atoms with Gasteiger partial charge in [-0.25, -0.2) is 28.4 Å². The standard InChI is InChI=1S/C14H22N5O14P3/c15-12-9-13(17-5-16-12)19(6-18-9)14-11(23)10(22)7(31-14)4-30-35(26,27)33-36(28,29)32-34(24,25)3-1-2-8(20)21/h5-7,10-11,14,22-23H,1-4H2,(H,20,21)(H,24,25)(H,26,27)(H,28,29)(H2,15,16,17)/t7-,10+,11?,14-/m1/s1. The highest BCUT2D eigenvalue weighted by Gasteiger charge is 2.47. The first kappa shape index (κ1) is 28.7. The number of carbonyl (C=O) groups is 1. The van der Waals surface area contributed by atoms with Crippen LogP contribution in [0.5, 0.6) is 0 Å². The Kier molecular flexibility index (Phi) is 8.67. The van der Waals surface area contributed by atoms with E-state index in [4.69, 9.17) is 15.6 Å². The van der Waals surface area contributed by atoms with Gasteiger partial charge in [-0.1, -0.05) is 0 Å². The molecule has 22 heteroatoms. The number of rotatable bonds is 12. The van der Waals surface area contributed by atoms with Crippen LogP contribution in [0.1, 0.15) is 19.1 Å². The van der Waals surface area contributed by atoms with Crippen LogP contribution < -0.4 is 5.73 Å². The Morgan fingerprint density at radius 3 is 2.44 bits per heavy atom. The molecule has 36 heavy (non-hydrogen) atoms. The van der Waals surface area contributed by atoms with Crippen LogP contribution in [0.2, 0.25) is 0 Å². The summed E-state index contributed by atoms with van der Waals surface area (Å²) in [6.45, 7) is -0.957. The predicted octanol–water partition coefficient (Wildman–Crippen LogP) is -0.672. The van der Waals surface area contributed by atoms with E-state index in [1.165, 1.54) is 10.9 Å². The Balaban J connectivity index is 1.61. The molecule has 3 rings (SSSR count). The minimum Gasteiger partial charge on any atom is -0.481 e. The second-order valence-electron chi connectivity index (χ2n) is 7.38. The molecule has 0 aromatic carbocycles. The summed E-state index contributed by atoms with van der Waals surface area (Å²) >= 11 is 0. The lowest BCUT2D eigenvalue weighted by atomic mass is 10.1. The second kappa shape index (κ2) is 10.9. The molecule has 0 aliphatic carbocycles. The van der Waals surface area contributed by atoms with E-state index in [1.54, 1.807) is 0 Å². The summed E-state index contributed by atoms with van der Waals surface area (Å²) in [5.41, 5.74) is 6.02. The fourth-order valence-corrected chi connectivity index (χ4v) is 7.25. The third-order valence-corrected chi connectivity index (χ3v) is 9.52. The molecule has 2 aromatic heterocycles. The van der Waals surface area contributed by atoms with E-state index in [-0.39, 0.29) is 17.0 Å². The van der Waals surface area contributed by atoms with Gasteiger partial charge in [-0.2, -0.15) is 4.31 Å². The highest BCUT2D eigenvalue weighted by atomic mass is 31.3. The van der Waals surface area contributed by atoms with Gasteiger partial charge in [0.25, 0.3) is 0 Å². The first-order valence-electron chi connectivity index (χ1n) is 9.82. The number of aromatic nitrogens is 4. The Hall–Kier alpha value is -1.85. The maximum absolute atomic E-state index is 12.1. The number of nitrogens with two attached hydrogens (primary N) is 1. The molecule has 4 unspecified atom stereocenters. The smallest absolute Gasteiger partial charge is 0.481 e. The van der Waals surface area contributed by atoms with Gasteiger partial charge in [0.05, 0.1) is 19.1 Å². The maximum Gasteiger partial charge on any atom is 0.488 e. The van der Waals surface area contributed by atoms with Gasteiger partial charge in [0.15, 0.2) is 17.7 Å². The van der Waals surface area contributed by atoms with Gasteiger partial charge in [0.2, 0.25) is 0 Å². The molecule has 0 spiro atoms. The van der Waals surface area contributed by atoms with Crippen LogP contribution in [-0.4, -0.2) is 86.6 Å². The minimum atomic E-state index is -5.66. The normalized spacial score (nSPS) is 27.4. The van der Waals surface area contributed by atoms with E-state index >= 15 is 0 Å². The van der Waals surface area contributed by atoms with Crippen molar-refractivity contribution in [3.63, 3.8) is 0 Å². The Morgan fingerprint density at radius 1 is 1.08 bits per heavy atom. The van der Waals surface area contributed by atoms with E-state index in [2.05, 4.69) is 28.1 Å². The molecule has 1 aliphatic heterocycles. The molecule has 2 aromatic rings. The van der Waals surface area contributed by atoms with Crippen LogP contribution in [0.3, 0.4) is 0 Å². The molecule has 1 saturated heterocycles. The van der Waals surface area contributed by atoms with E-state index in [1.807, 2.05) is 0 Å². The molecule has 0 radical (unpaired) electrons. The van der Waals surface area contributed by atoms with Crippen molar-refractivity contribution in [1.82, 2.24) is 19.5 Å². The summed E-state index contributed by atoms with van der Waals surface area (Å²) in [7, 11) is -16.0. The predicted molar refractivity (Wildman–Crippen MR) is 115 cm³/mol. The van der Waals surface area contributed by atoms with Gasteiger partial charge < -0.3 is 40.5 Å². The van der Waals surface area contributed by atoms with Crippen molar-refractivity contribution in [3.05, 3.63) is 12.7 Å². The molecule has 0 bridgehead atoms. The summed E-state index contributed by atoms with van der Waals surface area (Å²) in [5.74, 6) is -1.26. The molecular formula is C14H22N5O14P3. The van der Waals surface area contributed by atoms with E-state index in [9.17, 15) is 43.4 Å². The number of nitrogens with zero attached hydrogens (tertiary/aromatic N) is 4. The molecule has 1 aliphatic rings. The van der Waals surface area contributed by atoms with Crippen LogP contribution in [0.4, 0.5) is 5.82 Å². The minimum absolute atomic E-state index is 0.0370. The van der Waals surface area contributed by atoms with Crippen LogP contribution >= 0.6 is 23.2 Å². The van der Waals surface area contributed by atoms with Crippen molar-refractivity contribution in [2.75, 3.05) is 18.5 Å². The van der Waals surface area contributed by atoms with Crippen LogP contribution in [-0.2, 0) is 36.4 Å².